The molecule has 0 fully saturated rings. The maximum atomic E-state index is 6.45. The fourth-order valence-electron chi connectivity index (χ4n) is 3.91. The summed E-state index contributed by atoms with van der Waals surface area (Å²) < 4.78 is 25.6. The molecule has 2 aromatic carbocycles. The number of rotatable bonds is 1. The average molecular weight is 460 g/mol. The van der Waals surface area contributed by atoms with E-state index in [-0.39, 0.29) is 23.7 Å². The Hall–Kier alpha value is -1.93. The highest BCUT2D eigenvalue weighted by Crippen LogP contribution is 2.74. The van der Waals surface area contributed by atoms with Gasteiger partial charge >= 0.3 is 8.17 Å². The van der Waals surface area contributed by atoms with Crippen molar-refractivity contribution >= 4 is 8.17 Å². The second kappa shape index (κ2) is 7.55. The first-order valence-electron chi connectivity index (χ1n) is 11.2. The molecule has 176 valence electrons. The van der Waals surface area contributed by atoms with Crippen molar-refractivity contribution in [2.45, 2.75) is 99.3 Å². The Kier molecular flexibility index (Phi) is 5.83. The molecule has 1 unspecified atom stereocenters. The van der Waals surface area contributed by atoms with Crippen LogP contribution in [0.3, 0.4) is 0 Å². The van der Waals surface area contributed by atoms with Gasteiger partial charge in [-0.1, -0.05) is 88.8 Å². The third-order valence-electron chi connectivity index (χ3n) is 5.89. The van der Waals surface area contributed by atoms with Crippen LogP contribution in [-0.2, 0) is 22.7 Å². The zero-order chi connectivity index (χ0) is 23.0. The molecule has 5 heteroatoms. The summed E-state index contributed by atoms with van der Waals surface area (Å²) in [5, 5.41) is 0. The fourth-order valence-corrected chi connectivity index (χ4v) is 5.71. The minimum atomic E-state index is -3.06. The first-order valence-corrected chi connectivity index (χ1v) is 12.6. The van der Waals surface area contributed by atoms with Crippen LogP contribution in [0.1, 0.15) is 98.9 Å². The summed E-state index contributed by atoms with van der Waals surface area (Å²) in [7, 11) is -3.06. The van der Waals surface area contributed by atoms with Crippen LogP contribution in [0.4, 0.5) is 0 Å². The summed E-state index contributed by atoms with van der Waals surface area (Å²) in [6, 6.07) is 8.59. The summed E-state index contributed by atoms with van der Waals surface area (Å²) in [5.74, 6) is 2.93. The van der Waals surface area contributed by atoms with Crippen LogP contribution in [0.15, 0.2) is 24.3 Å². The molecule has 2 heterocycles. The fraction of sp³-hybridized carbons (Fsp3) is 0.556. The zero-order valence-corrected chi connectivity index (χ0v) is 21.5. The highest BCUT2D eigenvalue weighted by atomic mass is 31.2. The first kappa shape index (κ1) is 24.7. The van der Waals surface area contributed by atoms with Crippen LogP contribution >= 0.6 is 8.17 Å². The summed E-state index contributed by atoms with van der Waals surface area (Å²) in [6.45, 7) is 21.9. The summed E-state index contributed by atoms with van der Waals surface area (Å²) in [5.41, 5.74) is 4.45. The monoisotopic (exact) mass is 459 g/mol. The van der Waals surface area contributed by atoms with E-state index < -0.39 is 8.17 Å². The molecule has 0 N–H and O–H groups in total. The quantitative estimate of drug-likeness (QED) is 0.400. The number of hydrogen-bond acceptors (Lipinski definition) is 4. The summed E-state index contributed by atoms with van der Waals surface area (Å²) in [4.78, 5) is 0. The van der Waals surface area contributed by atoms with Crippen LogP contribution in [0, 0.1) is 0 Å². The molecule has 2 aromatic rings. The van der Waals surface area contributed by atoms with E-state index in [2.05, 4.69) is 93.5 Å². The molecule has 1 spiro atoms. The van der Waals surface area contributed by atoms with Crippen LogP contribution in [0.5, 0.6) is 23.0 Å². The minimum Gasteiger partial charge on any atom is -0.237 e. The summed E-state index contributed by atoms with van der Waals surface area (Å²) in [6.07, 6.45) is 0.927. The average Bonchev–Trinajstić information content (AvgIpc) is 3.15. The van der Waals surface area contributed by atoms with Crippen molar-refractivity contribution in [1.29, 1.82) is 0 Å². The van der Waals surface area contributed by atoms with Gasteiger partial charge in [0.05, 0.1) is 0 Å². The molecule has 2 aliphatic rings. The normalized spacial score (nSPS) is 19.3. The highest BCUT2D eigenvalue weighted by Gasteiger charge is 2.68. The Morgan fingerprint density at radius 2 is 1.09 bits per heavy atom. The Morgan fingerprint density at radius 3 is 1.53 bits per heavy atom. The molecular formula is C27H40O4P+. The van der Waals surface area contributed by atoms with E-state index in [1.807, 2.05) is 0 Å². The molecule has 4 rings (SSSR count). The van der Waals surface area contributed by atoms with Gasteiger partial charge in [0, 0.05) is 11.1 Å². The van der Waals surface area contributed by atoms with Gasteiger partial charge < -0.3 is 0 Å². The standard InChI is InChI=1S/C26H36O4P.CH4/c1-11-16-12-18(25(5,6)7)22-20(13-16)27-31(29-22)28-21-15-17(24(2,3)4)14-19(23(21)30-31)26(8,9)10;/h12-15H,11H2,1-10H3;1H4/q+1;. The van der Waals surface area contributed by atoms with Gasteiger partial charge in [0.25, 0.3) is 0 Å². The van der Waals surface area contributed by atoms with Gasteiger partial charge in [-0.15, -0.1) is 0 Å². The molecule has 1 atom stereocenters. The summed E-state index contributed by atoms with van der Waals surface area (Å²) >= 11 is 0. The van der Waals surface area contributed by atoms with Crippen molar-refractivity contribution in [3.8, 4) is 23.0 Å². The third kappa shape index (κ3) is 4.19. The van der Waals surface area contributed by atoms with E-state index in [1.54, 1.807) is 0 Å². The van der Waals surface area contributed by atoms with E-state index in [4.69, 9.17) is 18.1 Å². The molecule has 4 nitrogen and oxygen atoms in total. The van der Waals surface area contributed by atoms with Crippen LogP contribution in [0.25, 0.3) is 0 Å². The van der Waals surface area contributed by atoms with Gasteiger partial charge in [-0.25, -0.2) is 18.1 Å². The van der Waals surface area contributed by atoms with Gasteiger partial charge in [0.15, 0.2) is 0 Å². The second-order valence-corrected chi connectivity index (χ2v) is 13.4. The molecule has 0 bridgehead atoms. The molecule has 0 saturated heterocycles. The molecule has 2 aliphatic heterocycles. The molecular weight excluding hydrogens is 419 g/mol. The Balaban J connectivity index is 0.00000289. The van der Waals surface area contributed by atoms with Crippen molar-refractivity contribution in [3.05, 3.63) is 46.5 Å². The molecule has 0 aliphatic carbocycles. The largest absolute Gasteiger partial charge is 0.767 e. The number of aryl methyl sites for hydroxylation is 1. The van der Waals surface area contributed by atoms with Crippen LogP contribution in [0.2, 0.25) is 0 Å². The Bertz CT molecular complexity index is 1040. The van der Waals surface area contributed by atoms with E-state index >= 15 is 0 Å². The number of fused-ring (bicyclic) bond motifs is 2. The Labute approximate surface area is 195 Å². The SMILES string of the molecule is C.CCc1cc2c(c(C(C)(C)C)c1)O[P+]1(O2)Oc2cc(C(C)(C)C)cc(C(C)(C)C)c2O1. The van der Waals surface area contributed by atoms with Crippen LogP contribution in [-0.4, -0.2) is 0 Å². The first-order chi connectivity index (χ1) is 14.1. The third-order valence-corrected chi connectivity index (χ3v) is 7.54. The maximum absolute atomic E-state index is 6.45. The lowest BCUT2D eigenvalue weighted by molar-refractivity contribution is 0.330. The molecule has 0 aromatic heterocycles. The number of benzene rings is 2. The van der Waals surface area contributed by atoms with Crippen molar-refractivity contribution in [2.24, 2.45) is 0 Å². The van der Waals surface area contributed by atoms with Gasteiger partial charge in [0.1, 0.15) is 0 Å². The van der Waals surface area contributed by atoms with E-state index in [0.29, 0.717) is 5.75 Å². The van der Waals surface area contributed by atoms with E-state index in [0.717, 1.165) is 34.8 Å². The zero-order valence-electron chi connectivity index (χ0n) is 20.6. The molecule has 0 amide bonds. The lowest BCUT2D eigenvalue weighted by atomic mass is 9.80. The molecule has 0 radical (unpaired) electrons. The van der Waals surface area contributed by atoms with Gasteiger partial charge in [-0.2, -0.15) is 0 Å². The van der Waals surface area contributed by atoms with Crippen LogP contribution < -0.4 is 18.1 Å². The second-order valence-electron chi connectivity index (χ2n) is 11.7. The van der Waals surface area contributed by atoms with Crippen molar-refractivity contribution in [1.82, 2.24) is 0 Å². The predicted molar refractivity (Wildman–Crippen MR) is 135 cm³/mol. The van der Waals surface area contributed by atoms with Gasteiger partial charge in [-0.05, 0) is 45.9 Å². The van der Waals surface area contributed by atoms with Gasteiger partial charge in [-0.3, -0.25) is 0 Å². The van der Waals surface area contributed by atoms with Crippen molar-refractivity contribution in [3.63, 3.8) is 0 Å². The lowest BCUT2D eigenvalue weighted by Gasteiger charge is -2.24. The predicted octanol–water partition coefficient (Wildman–Crippen LogP) is 8.70. The minimum absolute atomic E-state index is 0. The van der Waals surface area contributed by atoms with Gasteiger partial charge in [0.2, 0.25) is 23.0 Å². The van der Waals surface area contributed by atoms with Crippen molar-refractivity contribution < 1.29 is 18.1 Å². The van der Waals surface area contributed by atoms with Crippen molar-refractivity contribution in [2.75, 3.05) is 0 Å². The topological polar surface area (TPSA) is 36.9 Å². The Morgan fingerprint density at radius 1 is 0.625 bits per heavy atom. The number of hydrogen-bond donors (Lipinski definition) is 0. The lowest BCUT2D eigenvalue weighted by Crippen LogP contribution is -2.17. The van der Waals surface area contributed by atoms with E-state index in [9.17, 15) is 0 Å². The molecule has 32 heavy (non-hydrogen) atoms. The smallest absolute Gasteiger partial charge is 0.237 e. The highest BCUT2D eigenvalue weighted by molar-refractivity contribution is 7.58. The molecule has 0 saturated carbocycles. The van der Waals surface area contributed by atoms with E-state index in [1.165, 1.54) is 11.1 Å². The maximum Gasteiger partial charge on any atom is 0.767 e.